The SMILES string of the molecule is COC(CC(CN)N1CCc2sccc2C1C)OC. The largest absolute Gasteiger partial charge is 0.356 e. The maximum absolute atomic E-state index is 5.97. The van der Waals surface area contributed by atoms with E-state index in [9.17, 15) is 0 Å². The molecular weight excluding hydrogens is 260 g/mol. The lowest BCUT2D eigenvalue weighted by atomic mass is 9.98. The number of nitrogens with zero attached hydrogens (tertiary/aromatic N) is 1. The first-order valence-electron chi connectivity index (χ1n) is 6.78. The molecule has 0 fully saturated rings. The molecule has 5 heteroatoms. The van der Waals surface area contributed by atoms with E-state index in [1.165, 1.54) is 10.4 Å². The van der Waals surface area contributed by atoms with E-state index in [0.29, 0.717) is 18.6 Å². The van der Waals surface area contributed by atoms with Crippen LogP contribution < -0.4 is 5.73 Å². The fourth-order valence-corrected chi connectivity index (χ4v) is 3.87. The van der Waals surface area contributed by atoms with E-state index in [1.54, 1.807) is 14.2 Å². The van der Waals surface area contributed by atoms with Crippen molar-refractivity contribution in [2.45, 2.75) is 38.1 Å². The third-order valence-electron chi connectivity index (χ3n) is 4.06. The Bertz CT molecular complexity index is 393. The second kappa shape index (κ2) is 6.81. The number of thiophene rings is 1. The Balaban J connectivity index is 2.07. The first-order valence-corrected chi connectivity index (χ1v) is 7.66. The molecule has 0 amide bonds. The quantitative estimate of drug-likeness (QED) is 0.812. The van der Waals surface area contributed by atoms with Crippen LogP contribution in [-0.4, -0.2) is 44.5 Å². The lowest BCUT2D eigenvalue weighted by Gasteiger charge is -2.40. The van der Waals surface area contributed by atoms with Gasteiger partial charge < -0.3 is 15.2 Å². The number of methoxy groups -OCH3 is 2. The Morgan fingerprint density at radius 2 is 2.21 bits per heavy atom. The molecule has 0 aliphatic carbocycles. The fourth-order valence-electron chi connectivity index (χ4n) is 2.91. The molecule has 0 spiro atoms. The van der Waals surface area contributed by atoms with Crippen LogP contribution in [0.3, 0.4) is 0 Å². The van der Waals surface area contributed by atoms with Crippen molar-refractivity contribution in [1.29, 1.82) is 0 Å². The van der Waals surface area contributed by atoms with Crippen LogP contribution >= 0.6 is 11.3 Å². The number of hydrogen-bond acceptors (Lipinski definition) is 5. The van der Waals surface area contributed by atoms with E-state index in [1.807, 2.05) is 11.3 Å². The van der Waals surface area contributed by atoms with E-state index in [2.05, 4.69) is 23.3 Å². The average molecular weight is 284 g/mol. The summed E-state index contributed by atoms with van der Waals surface area (Å²) in [4.78, 5) is 4.01. The van der Waals surface area contributed by atoms with Crippen molar-refractivity contribution in [3.05, 3.63) is 21.9 Å². The Morgan fingerprint density at radius 1 is 1.47 bits per heavy atom. The highest BCUT2D eigenvalue weighted by atomic mass is 32.1. The summed E-state index contributed by atoms with van der Waals surface area (Å²) in [5.41, 5.74) is 7.43. The summed E-state index contributed by atoms with van der Waals surface area (Å²) in [7, 11) is 3.36. The summed E-state index contributed by atoms with van der Waals surface area (Å²) < 4.78 is 10.6. The minimum Gasteiger partial charge on any atom is -0.356 e. The van der Waals surface area contributed by atoms with Crippen LogP contribution in [0.25, 0.3) is 0 Å². The molecule has 2 atom stereocenters. The summed E-state index contributed by atoms with van der Waals surface area (Å²) in [6, 6.07) is 2.97. The highest BCUT2D eigenvalue weighted by Crippen LogP contribution is 2.34. The zero-order chi connectivity index (χ0) is 13.8. The van der Waals surface area contributed by atoms with Crippen LogP contribution in [-0.2, 0) is 15.9 Å². The van der Waals surface area contributed by atoms with Crippen LogP contribution in [0.1, 0.15) is 29.8 Å². The lowest BCUT2D eigenvalue weighted by molar-refractivity contribution is -0.118. The van der Waals surface area contributed by atoms with Gasteiger partial charge in [-0.05, 0) is 30.4 Å². The van der Waals surface area contributed by atoms with Crippen molar-refractivity contribution in [3.8, 4) is 0 Å². The molecule has 4 nitrogen and oxygen atoms in total. The molecule has 1 aliphatic rings. The average Bonchev–Trinajstić information content (AvgIpc) is 2.91. The summed E-state index contributed by atoms with van der Waals surface area (Å²) in [6.07, 6.45) is 1.76. The van der Waals surface area contributed by atoms with E-state index in [0.717, 1.165) is 19.4 Å². The molecule has 2 unspecified atom stereocenters. The fraction of sp³-hybridized carbons (Fsp3) is 0.714. The van der Waals surface area contributed by atoms with Gasteiger partial charge >= 0.3 is 0 Å². The van der Waals surface area contributed by atoms with Gasteiger partial charge in [-0.2, -0.15) is 0 Å². The zero-order valence-corrected chi connectivity index (χ0v) is 12.8. The molecular formula is C14H24N2O2S. The van der Waals surface area contributed by atoms with Gasteiger partial charge in [-0.15, -0.1) is 11.3 Å². The van der Waals surface area contributed by atoms with Crippen molar-refractivity contribution in [2.75, 3.05) is 27.3 Å². The number of rotatable bonds is 6. The van der Waals surface area contributed by atoms with Crippen LogP contribution in [0, 0.1) is 0 Å². The molecule has 0 radical (unpaired) electrons. The summed E-state index contributed by atoms with van der Waals surface area (Å²) in [5.74, 6) is 0. The lowest BCUT2D eigenvalue weighted by Crippen LogP contribution is -2.47. The van der Waals surface area contributed by atoms with Crippen LogP contribution in [0.4, 0.5) is 0 Å². The van der Waals surface area contributed by atoms with Crippen LogP contribution in [0.5, 0.6) is 0 Å². The molecule has 0 saturated carbocycles. The van der Waals surface area contributed by atoms with Gasteiger partial charge in [-0.1, -0.05) is 0 Å². The van der Waals surface area contributed by atoms with Crippen molar-refractivity contribution in [1.82, 2.24) is 4.90 Å². The van der Waals surface area contributed by atoms with Crippen molar-refractivity contribution >= 4 is 11.3 Å². The monoisotopic (exact) mass is 284 g/mol. The predicted octanol–water partition coefficient (Wildman–Crippen LogP) is 2.00. The zero-order valence-electron chi connectivity index (χ0n) is 12.0. The third-order valence-corrected chi connectivity index (χ3v) is 5.05. The van der Waals surface area contributed by atoms with E-state index in [4.69, 9.17) is 15.2 Å². The number of fused-ring (bicyclic) bond motifs is 1. The molecule has 2 rings (SSSR count). The van der Waals surface area contributed by atoms with Gasteiger partial charge in [0, 0.05) is 50.7 Å². The minimum atomic E-state index is -0.176. The number of ether oxygens (including phenoxy) is 2. The van der Waals surface area contributed by atoms with E-state index < -0.39 is 0 Å². The first-order chi connectivity index (χ1) is 9.21. The molecule has 108 valence electrons. The maximum Gasteiger partial charge on any atom is 0.158 e. The Morgan fingerprint density at radius 3 is 2.84 bits per heavy atom. The standard InChI is InChI=1S/C14H24N2O2S/c1-10-12-5-7-19-13(12)4-6-16(10)11(9-15)8-14(17-2)18-3/h5,7,10-11,14H,4,6,8-9,15H2,1-3H3. The molecule has 2 N–H and O–H groups in total. The van der Waals surface area contributed by atoms with Crippen molar-refractivity contribution < 1.29 is 9.47 Å². The van der Waals surface area contributed by atoms with E-state index >= 15 is 0 Å². The summed E-state index contributed by atoms with van der Waals surface area (Å²) >= 11 is 1.87. The molecule has 2 heterocycles. The predicted molar refractivity (Wildman–Crippen MR) is 78.4 cm³/mol. The highest BCUT2D eigenvalue weighted by Gasteiger charge is 2.30. The smallest absolute Gasteiger partial charge is 0.158 e. The third kappa shape index (κ3) is 3.17. The second-order valence-electron chi connectivity index (χ2n) is 4.99. The Labute approximate surface area is 119 Å². The van der Waals surface area contributed by atoms with Gasteiger partial charge in [0.1, 0.15) is 0 Å². The maximum atomic E-state index is 5.97. The van der Waals surface area contributed by atoms with Crippen LogP contribution in [0.2, 0.25) is 0 Å². The van der Waals surface area contributed by atoms with E-state index in [-0.39, 0.29) is 6.29 Å². The van der Waals surface area contributed by atoms with Gasteiger partial charge in [0.2, 0.25) is 0 Å². The van der Waals surface area contributed by atoms with Crippen LogP contribution in [0.15, 0.2) is 11.4 Å². The molecule has 1 aliphatic heterocycles. The Hall–Kier alpha value is -0.460. The molecule has 1 aromatic heterocycles. The van der Waals surface area contributed by atoms with Crippen molar-refractivity contribution in [2.24, 2.45) is 5.73 Å². The highest BCUT2D eigenvalue weighted by molar-refractivity contribution is 7.10. The van der Waals surface area contributed by atoms with Gasteiger partial charge in [0.25, 0.3) is 0 Å². The molecule has 0 bridgehead atoms. The Kier molecular flexibility index (Phi) is 5.36. The molecule has 0 aromatic carbocycles. The number of nitrogens with two attached hydrogens (primary N) is 1. The summed E-state index contributed by atoms with van der Waals surface area (Å²) in [5, 5.41) is 2.19. The van der Waals surface area contributed by atoms with Gasteiger partial charge in [0.05, 0.1) is 0 Å². The van der Waals surface area contributed by atoms with Crippen molar-refractivity contribution in [3.63, 3.8) is 0 Å². The second-order valence-corrected chi connectivity index (χ2v) is 5.99. The molecule has 1 aromatic rings. The van der Waals surface area contributed by atoms with Gasteiger partial charge in [0.15, 0.2) is 6.29 Å². The summed E-state index contributed by atoms with van der Waals surface area (Å²) in [6.45, 7) is 3.96. The molecule has 19 heavy (non-hydrogen) atoms. The number of hydrogen-bond donors (Lipinski definition) is 1. The van der Waals surface area contributed by atoms with Gasteiger partial charge in [-0.3, -0.25) is 4.90 Å². The first kappa shape index (κ1) is 14.9. The molecule has 0 saturated heterocycles. The van der Waals surface area contributed by atoms with Gasteiger partial charge in [-0.25, -0.2) is 0 Å². The normalized spacial score (nSPS) is 21.6. The minimum absolute atomic E-state index is 0.176. The topological polar surface area (TPSA) is 47.7 Å².